The summed E-state index contributed by atoms with van der Waals surface area (Å²) >= 11 is 0. The maximum atomic E-state index is 12.1. The average Bonchev–Trinajstić information content (AvgIpc) is 3.01. The smallest absolute Gasteiger partial charge is 0.231 e. The van der Waals surface area contributed by atoms with Gasteiger partial charge in [-0.3, -0.25) is 4.79 Å². The Morgan fingerprint density at radius 2 is 2.00 bits per heavy atom. The van der Waals surface area contributed by atoms with Gasteiger partial charge < -0.3 is 19.5 Å². The number of anilines is 1. The van der Waals surface area contributed by atoms with Crippen molar-refractivity contribution in [3.05, 3.63) is 47.5 Å². The van der Waals surface area contributed by atoms with Gasteiger partial charge in [0.05, 0.1) is 7.11 Å². The third-order valence-corrected chi connectivity index (χ3v) is 3.76. The van der Waals surface area contributed by atoms with Crippen LogP contribution < -0.4 is 19.5 Å². The van der Waals surface area contributed by atoms with Crippen LogP contribution in [0.4, 0.5) is 5.69 Å². The molecule has 0 atom stereocenters. The molecule has 0 spiro atoms. The average molecular weight is 313 g/mol. The van der Waals surface area contributed by atoms with Gasteiger partial charge in [-0.25, -0.2) is 0 Å². The highest BCUT2D eigenvalue weighted by atomic mass is 16.7. The van der Waals surface area contributed by atoms with Crippen molar-refractivity contribution >= 4 is 11.6 Å². The van der Waals surface area contributed by atoms with Crippen LogP contribution in [0.25, 0.3) is 0 Å². The van der Waals surface area contributed by atoms with Crippen molar-refractivity contribution in [3.63, 3.8) is 0 Å². The normalized spacial score (nSPS) is 12.1. The van der Waals surface area contributed by atoms with E-state index in [0.29, 0.717) is 30.0 Å². The maximum absolute atomic E-state index is 12.1. The Hall–Kier alpha value is -2.69. The summed E-state index contributed by atoms with van der Waals surface area (Å²) in [4.78, 5) is 12.1. The maximum Gasteiger partial charge on any atom is 0.231 e. The predicted molar refractivity (Wildman–Crippen MR) is 87.2 cm³/mol. The molecule has 0 bridgehead atoms. The Labute approximate surface area is 135 Å². The van der Waals surface area contributed by atoms with Crippen LogP contribution in [-0.2, 0) is 11.2 Å². The summed E-state index contributed by atoms with van der Waals surface area (Å²) in [6.07, 6.45) is 1.10. The lowest BCUT2D eigenvalue weighted by Crippen LogP contribution is -2.12. The van der Waals surface area contributed by atoms with Crippen molar-refractivity contribution < 1.29 is 19.0 Å². The number of methoxy groups -OCH3 is 1. The highest BCUT2D eigenvalue weighted by Crippen LogP contribution is 2.34. The van der Waals surface area contributed by atoms with E-state index in [1.54, 1.807) is 19.2 Å². The van der Waals surface area contributed by atoms with Gasteiger partial charge >= 0.3 is 0 Å². The molecule has 0 radical (unpaired) electrons. The molecule has 0 aromatic heterocycles. The number of ether oxygens (including phenoxy) is 3. The Morgan fingerprint density at radius 1 is 1.17 bits per heavy atom. The van der Waals surface area contributed by atoms with Crippen molar-refractivity contribution in [1.82, 2.24) is 0 Å². The summed E-state index contributed by atoms with van der Waals surface area (Å²) in [5, 5.41) is 2.88. The molecular weight excluding hydrogens is 294 g/mol. The van der Waals surface area contributed by atoms with Gasteiger partial charge in [-0.05, 0) is 42.7 Å². The van der Waals surface area contributed by atoms with E-state index in [9.17, 15) is 4.79 Å². The fourth-order valence-corrected chi connectivity index (χ4v) is 2.55. The van der Waals surface area contributed by atoms with Gasteiger partial charge in [0.15, 0.2) is 11.5 Å². The zero-order chi connectivity index (χ0) is 16.2. The van der Waals surface area contributed by atoms with Gasteiger partial charge in [0, 0.05) is 18.2 Å². The highest BCUT2D eigenvalue weighted by Gasteiger charge is 2.14. The monoisotopic (exact) mass is 313 g/mol. The number of benzene rings is 2. The van der Waals surface area contributed by atoms with Crippen LogP contribution in [0.1, 0.15) is 17.5 Å². The molecule has 2 aromatic rings. The summed E-state index contributed by atoms with van der Waals surface area (Å²) in [5.41, 5.74) is 2.90. The second-order valence-corrected chi connectivity index (χ2v) is 5.42. The Balaban J connectivity index is 1.56. The van der Waals surface area contributed by atoms with Crippen LogP contribution in [0.3, 0.4) is 0 Å². The molecule has 1 N–H and O–H groups in total. The van der Waals surface area contributed by atoms with E-state index in [4.69, 9.17) is 14.2 Å². The molecule has 1 aliphatic rings. The first-order chi connectivity index (χ1) is 11.2. The number of carbonyl (C=O) groups is 1. The summed E-state index contributed by atoms with van der Waals surface area (Å²) in [5.74, 6) is 2.20. The van der Waals surface area contributed by atoms with E-state index in [0.717, 1.165) is 16.9 Å². The van der Waals surface area contributed by atoms with E-state index < -0.39 is 0 Å². The van der Waals surface area contributed by atoms with Gasteiger partial charge in [-0.1, -0.05) is 12.1 Å². The predicted octanol–water partition coefficient (Wildman–Crippen LogP) is 3.30. The zero-order valence-corrected chi connectivity index (χ0v) is 13.2. The summed E-state index contributed by atoms with van der Waals surface area (Å²) in [6.45, 7) is 2.22. The molecule has 1 amide bonds. The molecule has 0 saturated carbocycles. The lowest BCUT2D eigenvalue weighted by Gasteiger charge is -2.08. The number of nitrogens with one attached hydrogen (secondary N) is 1. The van der Waals surface area contributed by atoms with Crippen LogP contribution in [0, 0.1) is 6.92 Å². The number of rotatable bonds is 5. The van der Waals surface area contributed by atoms with Gasteiger partial charge in [-0.15, -0.1) is 0 Å². The van der Waals surface area contributed by atoms with Crippen molar-refractivity contribution in [2.24, 2.45) is 0 Å². The Bertz CT molecular complexity index is 727. The van der Waals surface area contributed by atoms with Crippen LogP contribution in [0.2, 0.25) is 0 Å². The minimum absolute atomic E-state index is 0.0302. The zero-order valence-electron chi connectivity index (χ0n) is 13.2. The highest BCUT2D eigenvalue weighted by molar-refractivity contribution is 5.91. The van der Waals surface area contributed by atoms with Crippen molar-refractivity contribution in [2.45, 2.75) is 19.8 Å². The molecular formula is C18H19NO4. The van der Waals surface area contributed by atoms with E-state index in [-0.39, 0.29) is 12.7 Å². The quantitative estimate of drug-likeness (QED) is 0.920. The summed E-state index contributed by atoms with van der Waals surface area (Å²) < 4.78 is 15.8. The van der Waals surface area contributed by atoms with Crippen LogP contribution in [0.15, 0.2) is 36.4 Å². The van der Waals surface area contributed by atoms with Crippen molar-refractivity contribution in [2.75, 3.05) is 19.2 Å². The summed E-state index contributed by atoms with van der Waals surface area (Å²) in [7, 11) is 1.65. The topological polar surface area (TPSA) is 56.8 Å². The number of hydrogen-bond acceptors (Lipinski definition) is 4. The molecule has 5 nitrogen and oxygen atoms in total. The first-order valence-corrected chi connectivity index (χ1v) is 7.49. The molecule has 3 rings (SSSR count). The standard InChI is InChI=1S/C18H19NO4/c1-12-9-13(3-6-15(12)21-2)4-8-18(20)19-14-5-7-16-17(10-14)23-11-22-16/h3,5-7,9-10H,4,8,11H2,1-2H3,(H,19,20). The number of carbonyl (C=O) groups excluding carboxylic acids is 1. The van der Waals surface area contributed by atoms with Crippen LogP contribution in [0.5, 0.6) is 17.2 Å². The first kappa shape index (κ1) is 15.2. The molecule has 2 aromatic carbocycles. The van der Waals surface area contributed by atoms with Gasteiger partial charge in [0.25, 0.3) is 0 Å². The second-order valence-electron chi connectivity index (χ2n) is 5.42. The molecule has 1 heterocycles. The van der Waals surface area contributed by atoms with E-state index >= 15 is 0 Å². The molecule has 0 saturated heterocycles. The SMILES string of the molecule is COc1ccc(CCC(=O)Nc2ccc3c(c2)OCO3)cc1C. The van der Waals surface area contributed by atoms with E-state index in [1.807, 2.05) is 31.2 Å². The van der Waals surface area contributed by atoms with Crippen LogP contribution in [-0.4, -0.2) is 19.8 Å². The fourth-order valence-electron chi connectivity index (χ4n) is 2.55. The van der Waals surface area contributed by atoms with Gasteiger partial charge in [0.2, 0.25) is 12.7 Å². The first-order valence-electron chi connectivity index (χ1n) is 7.49. The molecule has 0 aliphatic carbocycles. The fraction of sp³-hybridized carbons (Fsp3) is 0.278. The van der Waals surface area contributed by atoms with Gasteiger partial charge in [0.1, 0.15) is 5.75 Å². The molecule has 1 aliphatic heterocycles. The number of fused-ring (bicyclic) bond motifs is 1. The van der Waals surface area contributed by atoms with Crippen LogP contribution >= 0.6 is 0 Å². The number of hydrogen-bond donors (Lipinski definition) is 1. The summed E-state index contributed by atoms with van der Waals surface area (Å²) in [6, 6.07) is 11.3. The minimum atomic E-state index is -0.0302. The molecule has 0 unspecified atom stereocenters. The number of amides is 1. The van der Waals surface area contributed by atoms with Gasteiger partial charge in [-0.2, -0.15) is 0 Å². The second kappa shape index (κ2) is 6.60. The third-order valence-electron chi connectivity index (χ3n) is 3.76. The minimum Gasteiger partial charge on any atom is -0.496 e. The van der Waals surface area contributed by atoms with Crippen molar-refractivity contribution in [3.8, 4) is 17.2 Å². The molecule has 0 fully saturated rings. The molecule has 23 heavy (non-hydrogen) atoms. The largest absolute Gasteiger partial charge is 0.496 e. The van der Waals surface area contributed by atoms with E-state index in [2.05, 4.69) is 5.32 Å². The molecule has 120 valence electrons. The third kappa shape index (κ3) is 3.56. The Morgan fingerprint density at radius 3 is 2.78 bits per heavy atom. The molecule has 5 heteroatoms. The lowest BCUT2D eigenvalue weighted by molar-refractivity contribution is -0.116. The van der Waals surface area contributed by atoms with Crippen molar-refractivity contribution in [1.29, 1.82) is 0 Å². The Kier molecular flexibility index (Phi) is 4.37. The van der Waals surface area contributed by atoms with E-state index in [1.165, 1.54) is 0 Å². The lowest BCUT2D eigenvalue weighted by atomic mass is 10.1. The number of aryl methyl sites for hydroxylation is 2.